The average Bonchev–Trinajstić information content (AvgIpc) is 3.09. The molecule has 2 rings (SSSR count). The minimum absolute atomic E-state index is 0.722. The Hall–Kier alpha value is -1.79. The highest BCUT2D eigenvalue weighted by Gasteiger charge is 2.04. The lowest BCUT2D eigenvalue weighted by Gasteiger charge is -2.12. The van der Waals surface area contributed by atoms with Crippen LogP contribution in [0.4, 0.5) is 0 Å². The fourth-order valence-corrected chi connectivity index (χ4v) is 3.44. The van der Waals surface area contributed by atoms with Crippen LogP contribution in [0.25, 0.3) is 0 Å². The summed E-state index contributed by atoms with van der Waals surface area (Å²) >= 11 is 8.04. The fraction of sp³-hybridized carbons (Fsp3) is 0.444. The summed E-state index contributed by atoms with van der Waals surface area (Å²) in [6.45, 7) is 3.71. The lowest BCUT2D eigenvalue weighted by molar-refractivity contribution is 0.414. The van der Waals surface area contributed by atoms with Gasteiger partial charge in [-0.25, -0.2) is 4.98 Å². The maximum absolute atomic E-state index is 6.26. The summed E-state index contributed by atoms with van der Waals surface area (Å²) in [7, 11) is 3.41. The summed E-state index contributed by atoms with van der Waals surface area (Å²) in [6.07, 6.45) is 4.72. The molecule has 0 aliphatic heterocycles. The van der Waals surface area contributed by atoms with E-state index in [4.69, 9.17) is 16.3 Å². The van der Waals surface area contributed by atoms with E-state index in [0.29, 0.717) is 0 Å². The predicted molar refractivity (Wildman–Crippen MR) is 106 cm³/mol. The van der Waals surface area contributed by atoms with Gasteiger partial charge in [-0.05, 0) is 30.5 Å². The number of nitrogens with one attached hydrogen (secondary N) is 2. The van der Waals surface area contributed by atoms with E-state index in [1.165, 1.54) is 4.88 Å². The first-order valence-corrected chi connectivity index (χ1v) is 9.56. The number of aliphatic imine (C=N–C) groups is 1. The number of halogens is 1. The van der Waals surface area contributed by atoms with Crippen LogP contribution in [-0.4, -0.2) is 38.2 Å². The van der Waals surface area contributed by atoms with E-state index in [1.54, 1.807) is 25.5 Å². The molecular formula is C18H25ClN4OS. The van der Waals surface area contributed by atoms with E-state index in [2.05, 4.69) is 27.5 Å². The first-order valence-electron chi connectivity index (χ1n) is 8.36. The monoisotopic (exact) mass is 380 g/mol. The molecule has 0 bridgehead atoms. The number of methoxy groups -OCH3 is 1. The summed E-state index contributed by atoms with van der Waals surface area (Å²) in [5, 5.41) is 8.50. The van der Waals surface area contributed by atoms with Crippen LogP contribution in [0, 0.1) is 0 Å². The maximum atomic E-state index is 6.26. The number of hydrogen-bond acceptors (Lipinski definition) is 4. The molecule has 1 heterocycles. The molecule has 7 heteroatoms. The topological polar surface area (TPSA) is 58.5 Å². The standard InChI is InChI=1S/C18H25ClN4OS/c1-4-15-12-23-17(25-15)8-10-22-18(20-2)21-9-7-13-5-6-14(24-3)11-16(13)19/h5-6,11-12H,4,7-10H2,1-3H3,(H2,20,21,22). The lowest BCUT2D eigenvalue weighted by Crippen LogP contribution is -2.39. The lowest BCUT2D eigenvalue weighted by atomic mass is 10.1. The minimum atomic E-state index is 0.722. The zero-order valence-electron chi connectivity index (χ0n) is 14.9. The van der Waals surface area contributed by atoms with Crippen molar-refractivity contribution >= 4 is 28.9 Å². The second-order valence-electron chi connectivity index (χ2n) is 5.46. The molecule has 0 aliphatic rings. The Kier molecular flexibility index (Phi) is 8.01. The van der Waals surface area contributed by atoms with Crippen molar-refractivity contribution in [3.05, 3.63) is 44.9 Å². The van der Waals surface area contributed by atoms with Gasteiger partial charge in [0.2, 0.25) is 0 Å². The van der Waals surface area contributed by atoms with Crippen LogP contribution in [0.5, 0.6) is 5.75 Å². The Balaban J connectivity index is 1.73. The Morgan fingerprint density at radius 3 is 2.64 bits per heavy atom. The summed E-state index contributed by atoms with van der Waals surface area (Å²) in [5.74, 6) is 1.56. The van der Waals surface area contributed by atoms with Crippen molar-refractivity contribution in [1.29, 1.82) is 0 Å². The van der Waals surface area contributed by atoms with Crippen molar-refractivity contribution in [2.75, 3.05) is 27.2 Å². The molecule has 2 N–H and O–H groups in total. The number of aromatic nitrogens is 1. The molecule has 0 unspecified atom stereocenters. The normalized spacial score (nSPS) is 11.4. The van der Waals surface area contributed by atoms with Gasteiger partial charge in [0.05, 0.1) is 12.1 Å². The van der Waals surface area contributed by atoms with Gasteiger partial charge < -0.3 is 15.4 Å². The van der Waals surface area contributed by atoms with Crippen molar-refractivity contribution in [3.63, 3.8) is 0 Å². The maximum Gasteiger partial charge on any atom is 0.191 e. The molecule has 1 aromatic carbocycles. The zero-order valence-corrected chi connectivity index (χ0v) is 16.5. The summed E-state index contributed by atoms with van der Waals surface area (Å²) < 4.78 is 5.17. The van der Waals surface area contributed by atoms with E-state index in [1.807, 2.05) is 24.4 Å². The number of aryl methyl sites for hydroxylation is 1. The van der Waals surface area contributed by atoms with Crippen LogP contribution in [-0.2, 0) is 19.3 Å². The average molecular weight is 381 g/mol. The highest BCUT2D eigenvalue weighted by Crippen LogP contribution is 2.22. The molecule has 1 aromatic heterocycles. The van der Waals surface area contributed by atoms with Gasteiger partial charge in [0, 0.05) is 42.7 Å². The van der Waals surface area contributed by atoms with Crippen LogP contribution >= 0.6 is 22.9 Å². The SMILES string of the molecule is CCc1cnc(CCNC(=NC)NCCc2ccc(OC)cc2Cl)s1. The molecule has 0 amide bonds. The molecular weight excluding hydrogens is 356 g/mol. The number of thiazole rings is 1. The summed E-state index contributed by atoms with van der Waals surface area (Å²) in [5.41, 5.74) is 1.08. The first-order chi connectivity index (χ1) is 12.2. The van der Waals surface area contributed by atoms with Gasteiger partial charge in [-0.3, -0.25) is 4.99 Å². The fourth-order valence-electron chi connectivity index (χ4n) is 2.31. The molecule has 0 radical (unpaired) electrons. The second kappa shape index (κ2) is 10.3. The van der Waals surface area contributed by atoms with Gasteiger partial charge in [0.1, 0.15) is 5.75 Å². The molecule has 0 saturated heterocycles. The van der Waals surface area contributed by atoms with E-state index in [9.17, 15) is 0 Å². The Bertz CT molecular complexity index is 702. The van der Waals surface area contributed by atoms with Crippen molar-refractivity contribution in [2.24, 2.45) is 4.99 Å². The molecule has 0 atom stereocenters. The van der Waals surface area contributed by atoms with Crippen molar-refractivity contribution in [3.8, 4) is 5.75 Å². The molecule has 0 aliphatic carbocycles. The predicted octanol–water partition coefficient (Wildman–Crippen LogP) is 3.32. The summed E-state index contributed by atoms with van der Waals surface area (Å²) in [4.78, 5) is 10.0. The van der Waals surface area contributed by atoms with Gasteiger partial charge in [-0.1, -0.05) is 24.6 Å². The third-order valence-electron chi connectivity index (χ3n) is 3.75. The number of guanidine groups is 1. The van der Waals surface area contributed by atoms with Crippen molar-refractivity contribution < 1.29 is 4.74 Å². The van der Waals surface area contributed by atoms with Crippen molar-refractivity contribution in [2.45, 2.75) is 26.2 Å². The van der Waals surface area contributed by atoms with E-state index >= 15 is 0 Å². The molecule has 2 aromatic rings. The largest absolute Gasteiger partial charge is 0.497 e. The smallest absolute Gasteiger partial charge is 0.191 e. The number of hydrogen-bond donors (Lipinski definition) is 2. The number of ether oxygens (including phenoxy) is 1. The van der Waals surface area contributed by atoms with Gasteiger partial charge in [0.15, 0.2) is 5.96 Å². The van der Waals surface area contributed by atoms with Crippen molar-refractivity contribution in [1.82, 2.24) is 15.6 Å². The number of rotatable bonds is 8. The molecule has 136 valence electrons. The Labute approximate surface area is 158 Å². The molecule has 0 saturated carbocycles. The Morgan fingerprint density at radius 1 is 1.28 bits per heavy atom. The molecule has 25 heavy (non-hydrogen) atoms. The minimum Gasteiger partial charge on any atom is -0.497 e. The second-order valence-corrected chi connectivity index (χ2v) is 7.06. The van der Waals surface area contributed by atoms with Crippen LogP contribution in [0.1, 0.15) is 22.4 Å². The van der Waals surface area contributed by atoms with E-state index in [-0.39, 0.29) is 0 Å². The Morgan fingerprint density at radius 2 is 2.04 bits per heavy atom. The van der Waals surface area contributed by atoms with E-state index in [0.717, 1.165) is 59.7 Å². The molecule has 5 nitrogen and oxygen atoms in total. The van der Waals surface area contributed by atoms with Crippen LogP contribution in [0.3, 0.4) is 0 Å². The summed E-state index contributed by atoms with van der Waals surface area (Å²) in [6, 6.07) is 5.75. The highest BCUT2D eigenvalue weighted by atomic mass is 35.5. The number of nitrogens with zero attached hydrogens (tertiary/aromatic N) is 2. The number of benzene rings is 1. The highest BCUT2D eigenvalue weighted by molar-refractivity contribution is 7.11. The van der Waals surface area contributed by atoms with Gasteiger partial charge in [0.25, 0.3) is 0 Å². The quantitative estimate of drug-likeness (QED) is 0.545. The van der Waals surface area contributed by atoms with Crippen LogP contribution < -0.4 is 15.4 Å². The van der Waals surface area contributed by atoms with Crippen LogP contribution in [0.2, 0.25) is 5.02 Å². The molecule has 0 spiro atoms. The molecule has 0 fully saturated rings. The van der Waals surface area contributed by atoms with Gasteiger partial charge in [-0.2, -0.15) is 0 Å². The zero-order chi connectivity index (χ0) is 18.1. The third-order valence-corrected chi connectivity index (χ3v) is 5.31. The van der Waals surface area contributed by atoms with Crippen LogP contribution in [0.15, 0.2) is 29.4 Å². The first kappa shape index (κ1) is 19.5. The van der Waals surface area contributed by atoms with Gasteiger partial charge in [-0.15, -0.1) is 11.3 Å². The van der Waals surface area contributed by atoms with Gasteiger partial charge >= 0.3 is 0 Å². The third kappa shape index (κ3) is 6.21. The van der Waals surface area contributed by atoms with E-state index < -0.39 is 0 Å².